The quantitative estimate of drug-likeness (QED) is 0.743. The van der Waals surface area contributed by atoms with Crippen LogP contribution in [-0.2, 0) is 5.75 Å². The van der Waals surface area contributed by atoms with Crippen LogP contribution in [0.15, 0.2) is 40.1 Å². The first-order valence-corrected chi connectivity index (χ1v) is 7.32. The van der Waals surface area contributed by atoms with Crippen molar-refractivity contribution in [2.24, 2.45) is 0 Å². The minimum atomic E-state index is 0.659. The summed E-state index contributed by atoms with van der Waals surface area (Å²) in [6.07, 6.45) is 1.81. The molecule has 0 spiro atoms. The number of nitrogen functional groups attached to an aromatic ring is 1. The van der Waals surface area contributed by atoms with Crippen molar-refractivity contribution in [1.29, 1.82) is 0 Å². The van der Waals surface area contributed by atoms with E-state index in [9.17, 15) is 0 Å². The Hall–Kier alpha value is -2.01. The van der Waals surface area contributed by atoms with E-state index in [1.165, 1.54) is 11.8 Å². The largest absolute Gasteiger partial charge is 0.431 e. The van der Waals surface area contributed by atoms with Gasteiger partial charge in [-0.25, -0.2) is 4.98 Å². The number of fused-ring (bicyclic) bond motifs is 1. The van der Waals surface area contributed by atoms with Crippen LogP contribution in [0.2, 0.25) is 0 Å². The third-order valence-corrected chi connectivity index (χ3v) is 4.12. The second-order valence-electron chi connectivity index (χ2n) is 4.66. The number of para-hydroxylation sites is 2. The highest BCUT2D eigenvalue weighted by atomic mass is 32.2. The SMILES string of the molecule is Cc1cnc(CSc2nc3ccccc3o2)c(C)c1N. The van der Waals surface area contributed by atoms with E-state index in [4.69, 9.17) is 10.2 Å². The highest BCUT2D eigenvalue weighted by Gasteiger charge is 2.10. The van der Waals surface area contributed by atoms with Gasteiger partial charge in [0, 0.05) is 17.6 Å². The number of aromatic nitrogens is 2. The first-order valence-electron chi connectivity index (χ1n) is 6.34. The lowest BCUT2D eigenvalue weighted by atomic mass is 10.1. The van der Waals surface area contributed by atoms with Crippen molar-refractivity contribution in [1.82, 2.24) is 9.97 Å². The zero-order chi connectivity index (χ0) is 14.1. The van der Waals surface area contributed by atoms with Gasteiger partial charge in [0.1, 0.15) is 5.52 Å². The molecule has 0 saturated carbocycles. The number of anilines is 1. The van der Waals surface area contributed by atoms with Crippen molar-refractivity contribution >= 4 is 28.5 Å². The third-order valence-electron chi connectivity index (χ3n) is 3.28. The molecule has 0 bridgehead atoms. The fourth-order valence-corrected chi connectivity index (χ4v) is 2.84. The average molecular weight is 285 g/mol. The summed E-state index contributed by atoms with van der Waals surface area (Å²) in [5, 5.41) is 0.659. The molecule has 0 aliphatic carbocycles. The molecule has 0 saturated heterocycles. The van der Waals surface area contributed by atoms with Crippen LogP contribution >= 0.6 is 11.8 Å². The van der Waals surface area contributed by atoms with Gasteiger partial charge >= 0.3 is 0 Å². The Morgan fingerprint density at radius 1 is 1.25 bits per heavy atom. The van der Waals surface area contributed by atoms with E-state index in [-0.39, 0.29) is 0 Å². The molecule has 0 unspecified atom stereocenters. The van der Waals surface area contributed by atoms with E-state index in [1.807, 2.05) is 44.3 Å². The van der Waals surface area contributed by atoms with Gasteiger partial charge in [0.05, 0.1) is 5.69 Å². The van der Waals surface area contributed by atoms with Crippen LogP contribution in [0.1, 0.15) is 16.8 Å². The summed E-state index contributed by atoms with van der Waals surface area (Å²) in [6.45, 7) is 3.96. The Balaban J connectivity index is 1.81. The molecule has 0 fully saturated rings. The standard InChI is InChI=1S/C15H15N3OS/c1-9-7-17-12(10(2)14(9)16)8-20-15-18-11-5-3-4-6-13(11)19-15/h3-7H,8H2,1-2H3,(H2,16,17). The molecule has 20 heavy (non-hydrogen) atoms. The number of hydrogen-bond donors (Lipinski definition) is 1. The van der Waals surface area contributed by atoms with Crippen molar-refractivity contribution in [2.75, 3.05) is 5.73 Å². The van der Waals surface area contributed by atoms with E-state index in [0.29, 0.717) is 11.0 Å². The molecule has 0 aliphatic rings. The highest BCUT2D eigenvalue weighted by Crippen LogP contribution is 2.28. The summed E-state index contributed by atoms with van der Waals surface area (Å²) in [6, 6.07) is 7.75. The van der Waals surface area contributed by atoms with Gasteiger partial charge in [0.25, 0.3) is 5.22 Å². The van der Waals surface area contributed by atoms with Crippen LogP contribution in [0.4, 0.5) is 5.69 Å². The van der Waals surface area contributed by atoms with Gasteiger partial charge in [-0.05, 0) is 37.1 Å². The van der Waals surface area contributed by atoms with E-state index in [0.717, 1.165) is 33.6 Å². The summed E-state index contributed by atoms with van der Waals surface area (Å²) in [5.41, 5.74) is 11.5. The molecule has 1 aromatic carbocycles. The number of pyridine rings is 1. The average Bonchev–Trinajstić information content (AvgIpc) is 2.87. The lowest BCUT2D eigenvalue weighted by Gasteiger charge is -2.08. The lowest BCUT2D eigenvalue weighted by molar-refractivity contribution is 0.489. The molecule has 4 nitrogen and oxygen atoms in total. The molecular formula is C15H15N3OS. The van der Waals surface area contributed by atoms with Crippen LogP contribution in [0.5, 0.6) is 0 Å². The van der Waals surface area contributed by atoms with Gasteiger partial charge in [-0.2, -0.15) is 0 Å². The topological polar surface area (TPSA) is 64.9 Å². The molecule has 5 heteroatoms. The van der Waals surface area contributed by atoms with Crippen LogP contribution in [0, 0.1) is 13.8 Å². The molecule has 0 amide bonds. The van der Waals surface area contributed by atoms with E-state index in [1.54, 1.807) is 0 Å². The maximum Gasteiger partial charge on any atom is 0.257 e. The summed E-state index contributed by atoms with van der Waals surface area (Å²) in [5.74, 6) is 0.698. The number of aryl methyl sites for hydroxylation is 1. The zero-order valence-corrected chi connectivity index (χ0v) is 12.2. The minimum absolute atomic E-state index is 0.659. The smallest absolute Gasteiger partial charge is 0.257 e. The van der Waals surface area contributed by atoms with Crippen molar-refractivity contribution in [2.45, 2.75) is 24.8 Å². The van der Waals surface area contributed by atoms with Crippen molar-refractivity contribution in [3.05, 3.63) is 47.3 Å². The molecule has 2 heterocycles. The van der Waals surface area contributed by atoms with Crippen molar-refractivity contribution < 1.29 is 4.42 Å². The number of nitrogens with two attached hydrogens (primary N) is 1. The Bertz CT molecular complexity index is 734. The van der Waals surface area contributed by atoms with Crippen molar-refractivity contribution in [3.8, 4) is 0 Å². The molecular weight excluding hydrogens is 270 g/mol. The van der Waals surface area contributed by atoms with Crippen LogP contribution in [0.3, 0.4) is 0 Å². The summed E-state index contributed by atoms with van der Waals surface area (Å²) in [4.78, 5) is 8.87. The maximum atomic E-state index is 6.02. The molecule has 0 radical (unpaired) electrons. The number of nitrogens with zero attached hydrogens (tertiary/aromatic N) is 2. The number of oxazole rings is 1. The molecule has 102 valence electrons. The van der Waals surface area contributed by atoms with Gasteiger partial charge in [-0.1, -0.05) is 23.9 Å². The van der Waals surface area contributed by atoms with E-state index in [2.05, 4.69) is 9.97 Å². The van der Waals surface area contributed by atoms with Crippen LogP contribution in [-0.4, -0.2) is 9.97 Å². The summed E-state index contributed by atoms with van der Waals surface area (Å²) < 4.78 is 5.68. The molecule has 3 aromatic rings. The summed E-state index contributed by atoms with van der Waals surface area (Å²) in [7, 11) is 0. The molecule has 0 aliphatic heterocycles. The van der Waals surface area contributed by atoms with Crippen LogP contribution in [0.25, 0.3) is 11.1 Å². The second kappa shape index (κ2) is 5.17. The fourth-order valence-electron chi connectivity index (χ4n) is 1.98. The first kappa shape index (κ1) is 13.0. The van der Waals surface area contributed by atoms with Crippen molar-refractivity contribution in [3.63, 3.8) is 0 Å². The third kappa shape index (κ3) is 2.36. The fraction of sp³-hybridized carbons (Fsp3) is 0.200. The molecule has 0 atom stereocenters. The van der Waals surface area contributed by atoms with Gasteiger partial charge in [-0.3, -0.25) is 4.98 Å². The Labute approximate surface area is 121 Å². The normalized spacial score (nSPS) is 11.1. The highest BCUT2D eigenvalue weighted by molar-refractivity contribution is 7.98. The first-order chi connectivity index (χ1) is 9.65. The molecule has 3 rings (SSSR count). The molecule has 2 N–H and O–H groups in total. The monoisotopic (exact) mass is 285 g/mol. The van der Waals surface area contributed by atoms with Crippen LogP contribution < -0.4 is 5.73 Å². The number of hydrogen-bond acceptors (Lipinski definition) is 5. The van der Waals surface area contributed by atoms with Gasteiger partial charge in [0.15, 0.2) is 5.58 Å². The molecule has 2 aromatic heterocycles. The predicted molar refractivity (Wildman–Crippen MR) is 81.7 cm³/mol. The summed E-state index contributed by atoms with van der Waals surface area (Å²) >= 11 is 1.53. The van der Waals surface area contributed by atoms with E-state index < -0.39 is 0 Å². The maximum absolute atomic E-state index is 6.02. The number of benzene rings is 1. The lowest BCUT2D eigenvalue weighted by Crippen LogP contribution is -2.00. The van der Waals surface area contributed by atoms with Gasteiger partial charge < -0.3 is 10.2 Å². The predicted octanol–water partition coefficient (Wildman–Crippen LogP) is 3.71. The Kier molecular flexibility index (Phi) is 3.36. The van der Waals surface area contributed by atoms with Gasteiger partial charge in [-0.15, -0.1) is 0 Å². The van der Waals surface area contributed by atoms with Gasteiger partial charge in [0.2, 0.25) is 0 Å². The minimum Gasteiger partial charge on any atom is -0.431 e. The number of thioether (sulfide) groups is 1. The number of rotatable bonds is 3. The van der Waals surface area contributed by atoms with E-state index >= 15 is 0 Å². The second-order valence-corrected chi connectivity index (χ2v) is 5.59. The Morgan fingerprint density at radius 2 is 2.05 bits per heavy atom. The Morgan fingerprint density at radius 3 is 2.85 bits per heavy atom. The zero-order valence-electron chi connectivity index (χ0n) is 11.4.